The molecule has 2 aromatic carbocycles. The first-order valence-corrected chi connectivity index (χ1v) is 13.5. The maximum atomic E-state index is 12.8. The molecule has 1 aliphatic carbocycles. The Kier molecular flexibility index (Phi) is 10.5. The first-order valence-electron chi connectivity index (χ1n) is 13.5. The van der Waals surface area contributed by atoms with Gasteiger partial charge in [0.25, 0.3) is 0 Å². The highest BCUT2D eigenvalue weighted by atomic mass is 19.4. The number of methoxy groups -OCH3 is 2. The van der Waals surface area contributed by atoms with Crippen molar-refractivity contribution in [3.05, 3.63) is 53.6 Å². The van der Waals surface area contributed by atoms with Crippen LogP contribution in [-0.4, -0.2) is 67.1 Å². The Bertz CT molecular complexity index is 1270. The summed E-state index contributed by atoms with van der Waals surface area (Å²) < 4.78 is 81.2. The largest absolute Gasteiger partial charge is 0.493 e. The molecule has 2 fully saturated rings. The number of amides is 2. The monoisotopic (exact) mass is 619 g/mol. The number of aliphatic carboxylic acids is 1. The lowest BCUT2D eigenvalue weighted by atomic mass is 9.65. The summed E-state index contributed by atoms with van der Waals surface area (Å²) >= 11 is 0. The fourth-order valence-electron chi connectivity index (χ4n) is 5.91. The van der Waals surface area contributed by atoms with Gasteiger partial charge in [-0.15, -0.1) is 0 Å². The molecule has 8 nitrogen and oxygen atoms in total. The van der Waals surface area contributed by atoms with Crippen molar-refractivity contribution < 1.29 is 50.5 Å². The summed E-state index contributed by atoms with van der Waals surface area (Å²) in [7, 11) is 3.27. The number of anilines is 1. The van der Waals surface area contributed by atoms with Crippen molar-refractivity contribution >= 4 is 17.7 Å². The summed E-state index contributed by atoms with van der Waals surface area (Å²) in [5, 5.41) is 12.8. The van der Waals surface area contributed by atoms with Gasteiger partial charge in [-0.25, -0.2) is 9.59 Å². The van der Waals surface area contributed by atoms with Crippen LogP contribution in [0.15, 0.2) is 42.5 Å². The normalized spacial score (nSPS) is 22.2. The van der Waals surface area contributed by atoms with Gasteiger partial charge in [0.2, 0.25) is 0 Å². The number of carbonyl (C=O) groups excluding carboxylic acids is 1. The highest BCUT2D eigenvalue weighted by Gasteiger charge is 2.52. The second-order valence-corrected chi connectivity index (χ2v) is 10.8. The average molecular weight is 620 g/mol. The molecule has 1 aliphatic heterocycles. The van der Waals surface area contributed by atoms with E-state index in [1.165, 1.54) is 17.7 Å². The molecule has 2 aromatic rings. The van der Waals surface area contributed by atoms with Gasteiger partial charge in [0.1, 0.15) is 0 Å². The number of likely N-dealkylation sites (tertiary alicyclic amines) is 1. The fraction of sp³-hybridized carbons (Fsp3) is 0.517. The molecule has 2 aliphatic rings. The topological polar surface area (TPSA) is 100 Å². The molecule has 1 heterocycles. The van der Waals surface area contributed by atoms with Gasteiger partial charge in [-0.05, 0) is 88.0 Å². The van der Waals surface area contributed by atoms with E-state index in [2.05, 4.69) is 41.5 Å². The number of ether oxygens (including phenoxy) is 2. The van der Waals surface area contributed by atoms with Crippen LogP contribution in [0.4, 0.5) is 36.8 Å². The number of hydrogen-bond donors (Lipinski definition) is 3. The van der Waals surface area contributed by atoms with Crippen LogP contribution < -0.4 is 20.1 Å². The van der Waals surface area contributed by atoms with Gasteiger partial charge in [0.05, 0.1) is 19.8 Å². The number of hydrogen-bond acceptors (Lipinski definition) is 5. The van der Waals surface area contributed by atoms with Gasteiger partial charge in [0.15, 0.2) is 11.5 Å². The number of carboxylic acid groups (broad SMARTS) is 1. The van der Waals surface area contributed by atoms with Crippen molar-refractivity contribution in [3.8, 4) is 11.5 Å². The molecule has 0 spiro atoms. The highest BCUT2D eigenvalue weighted by molar-refractivity contribution is 5.89. The molecule has 43 heavy (non-hydrogen) atoms. The predicted octanol–water partition coefficient (Wildman–Crippen LogP) is 6.45. The number of carbonyl (C=O) groups is 2. The molecule has 238 valence electrons. The summed E-state index contributed by atoms with van der Waals surface area (Å²) in [6.07, 6.45) is -5.98. The minimum absolute atomic E-state index is 0.0444. The summed E-state index contributed by atoms with van der Waals surface area (Å²) in [6.45, 7) is 5.36. The van der Waals surface area contributed by atoms with Crippen LogP contribution >= 0.6 is 0 Å². The third kappa shape index (κ3) is 8.03. The molecular weight excluding hydrogens is 584 g/mol. The standard InChI is InChI=1S/C27H34F3N3O3.C2HF3O2/c1-17(2)33-14-13-26(19-7-10-22(35-3)23(15-19)36-4)12-11-21(16-24(26)33)32-25(34)31-20-8-5-18(6-9-20)27(28,29)30;3-2(4,5)1(6)7/h5-10,15,17,21,24H,11-14,16H2,1-4H3,(H2,31,32,34);(H,6,7)/t21-,24+,26+;/m1./s1. The van der Waals surface area contributed by atoms with Gasteiger partial charge in [-0.2, -0.15) is 26.3 Å². The molecule has 2 amide bonds. The molecule has 4 rings (SSSR count). The lowest BCUT2D eigenvalue weighted by Crippen LogP contribution is -2.54. The molecule has 1 saturated heterocycles. The summed E-state index contributed by atoms with van der Waals surface area (Å²) in [5.41, 5.74) is 0.746. The van der Waals surface area contributed by atoms with Gasteiger partial charge >= 0.3 is 24.4 Å². The van der Waals surface area contributed by atoms with E-state index in [0.29, 0.717) is 23.2 Å². The third-order valence-electron chi connectivity index (χ3n) is 7.97. The van der Waals surface area contributed by atoms with E-state index in [0.717, 1.165) is 44.4 Å². The Morgan fingerprint density at radius 1 is 0.977 bits per heavy atom. The molecule has 14 heteroatoms. The predicted molar refractivity (Wildman–Crippen MR) is 146 cm³/mol. The zero-order valence-corrected chi connectivity index (χ0v) is 24.1. The highest BCUT2D eigenvalue weighted by Crippen LogP contribution is 2.51. The number of halogens is 6. The van der Waals surface area contributed by atoms with E-state index in [4.69, 9.17) is 19.4 Å². The van der Waals surface area contributed by atoms with E-state index in [1.54, 1.807) is 14.2 Å². The number of alkyl halides is 6. The minimum atomic E-state index is -5.08. The van der Waals surface area contributed by atoms with Crippen molar-refractivity contribution in [2.24, 2.45) is 0 Å². The van der Waals surface area contributed by atoms with Crippen LogP contribution in [0, 0.1) is 0 Å². The van der Waals surface area contributed by atoms with Crippen LogP contribution in [0.5, 0.6) is 11.5 Å². The second kappa shape index (κ2) is 13.3. The second-order valence-electron chi connectivity index (χ2n) is 10.8. The Hall–Kier alpha value is -3.68. The molecule has 0 aromatic heterocycles. The Morgan fingerprint density at radius 3 is 2.09 bits per heavy atom. The number of benzene rings is 2. The first-order chi connectivity index (χ1) is 20.0. The van der Waals surface area contributed by atoms with Crippen LogP contribution in [-0.2, 0) is 16.4 Å². The molecule has 1 saturated carbocycles. The van der Waals surface area contributed by atoms with E-state index < -0.39 is 29.9 Å². The Labute approximate surface area is 245 Å². The fourth-order valence-corrected chi connectivity index (χ4v) is 5.91. The number of fused-ring (bicyclic) bond motifs is 1. The Balaban J connectivity index is 0.000000646. The van der Waals surface area contributed by atoms with Gasteiger partial charge in [-0.1, -0.05) is 6.07 Å². The number of urea groups is 1. The number of carboxylic acids is 1. The average Bonchev–Trinajstić information content (AvgIpc) is 3.32. The molecule has 0 bridgehead atoms. The van der Waals surface area contributed by atoms with Gasteiger partial charge in [-0.3, -0.25) is 4.90 Å². The Morgan fingerprint density at radius 2 is 1.58 bits per heavy atom. The molecule has 3 N–H and O–H groups in total. The van der Waals surface area contributed by atoms with Gasteiger partial charge in [0, 0.05) is 29.2 Å². The van der Waals surface area contributed by atoms with Gasteiger partial charge < -0.3 is 25.2 Å². The summed E-state index contributed by atoms with van der Waals surface area (Å²) in [6, 6.07) is 10.8. The van der Waals surface area contributed by atoms with Crippen LogP contribution in [0.3, 0.4) is 0 Å². The maximum absolute atomic E-state index is 12.8. The van der Waals surface area contributed by atoms with Crippen molar-refractivity contribution in [2.75, 3.05) is 26.1 Å². The SMILES string of the molecule is COc1ccc([C@@]23CC[C@@H](NC(=O)Nc4ccc(C(F)(F)F)cc4)C[C@@H]2N(C(C)C)CC3)cc1OC.O=C(O)C(F)(F)F. The van der Waals surface area contributed by atoms with Crippen LogP contribution in [0.1, 0.15) is 50.7 Å². The van der Waals surface area contributed by atoms with Crippen molar-refractivity contribution in [1.82, 2.24) is 10.2 Å². The van der Waals surface area contributed by atoms with Crippen LogP contribution in [0.25, 0.3) is 0 Å². The first kappa shape index (κ1) is 33.8. The molecular formula is C29H35F6N3O5. The molecule has 0 unspecified atom stereocenters. The van der Waals surface area contributed by atoms with E-state index >= 15 is 0 Å². The van der Waals surface area contributed by atoms with E-state index in [-0.39, 0.29) is 17.5 Å². The molecule has 3 atom stereocenters. The van der Waals surface area contributed by atoms with E-state index in [1.807, 2.05) is 6.07 Å². The third-order valence-corrected chi connectivity index (χ3v) is 7.97. The lowest BCUT2D eigenvalue weighted by Gasteiger charge is -2.46. The summed E-state index contributed by atoms with van der Waals surface area (Å²) in [5.74, 6) is -1.35. The van der Waals surface area contributed by atoms with Crippen LogP contribution in [0.2, 0.25) is 0 Å². The smallest absolute Gasteiger partial charge is 0.490 e. The quantitative estimate of drug-likeness (QED) is 0.322. The number of nitrogens with one attached hydrogen (secondary N) is 2. The minimum Gasteiger partial charge on any atom is -0.493 e. The molecule has 0 radical (unpaired) electrons. The van der Waals surface area contributed by atoms with Crippen molar-refractivity contribution in [3.63, 3.8) is 0 Å². The number of nitrogens with zero attached hydrogens (tertiary/aromatic N) is 1. The van der Waals surface area contributed by atoms with Crippen molar-refractivity contribution in [2.45, 2.75) is 75.4 Å². The lowest BCUT2D eigenvalue weighted by molar-refractivity contribution is -0.192. The van der Waals surface area contributed by atoms with Crippen molar-refractivity contribution in [1.29, 1.82) is 0 Å². The van der Waals surface area contributed by atoms with E-state index in [9.17, 15) is 31.1 Å². The number of rotatable bonds is 6. The maximum Gasteiger partial charge on any atom is 0.490 e. The zero-order chi connectivity index (χ0) is 32.2. The zero-order valence-electron chi connectivity index (χ0n) is 24.1. The summed E-state index contributed by atoms with van der Waals surface area (Å²) in [4.78, 5) is 24.1.